The van der Waals surface area contributed by atoms with Crippen molar-refractivity contribution in [3.8, 4) is 0 Å². The van der Waals surface area contributed by atoms with Crippen LogP contribution in [0, 0.1) is 0 Å². The van der Waals surface area contributed by atoms with Crippen molar-refractivity contribution in [1.29, 1.82) is 0 Å². The molecule has 0 aromatic carbocycles. The lowest BCUT2D eigenvalue weighted by Crippen LogP contribution is -2.37. The molecule has 0 spiro atoms. The highest BCUT2D eigenvalue weighted by molar-refractivity contribution is 4.70. The first-order chi connectivity index (χ1) is 5.34. The Morgan fingerprint density at radius 3 is 3.00 bits per heavy atom. The van der Waals surface area contributed by atoms with E-state index >= 15 is 0 Å². The Morgan fingerprint density at radius 1 is 1.45 bits per heavy atom. The number of hydrogen-bond acceptors (Lipinski definition) is 2. The number of alkyl halides is 1. The first-order valence-corrected chi connectivity index (χ1v) is 4.35. The average molecular weight is 160 g/mol. The van der Waals surface area contributed by atoms with E-state index < -0.39 is 0 Å². The quantitative estimate of drug-likeness (QED) is 0.637. The topological polar surface area (TPSA) is 15.3 Å². The molecule has 0 aromatic rings. The monoisotopic (exact) mass is 160 g/mol. The van der Waals surface area contributed by atoms with Crippen molar-refractivity contribution in [3.63, 3.8) is 0 Å². The average Bonchev–Trinajstić information content (AvgIpc) is 2.30. The van der Waals surface area contributed by atoms with Crippen molar-refractivity contribution >= 4 is 0 Å². The van der Waals surface area contributed by atoms with Gasteiger partial charge in [0.2, 0.25) is 0 Å². The van der Waals surface area contributed by atoms with Gasteiger partial charge in [-0.2, -0.15) is 0 Å². The van der Waals surface area contributed by atoms with Crippen molar-refractivity contribution < 1.29 is 4.39 Å². The molecule has 1 N–H and O–H groups in total. The maximum absolute atomic E-state index is 12.2. The summed E-state index contributed by atoms with van der Waals surface area (Å²) in [6, 6.07) is 0.106. The van der Waals surface area contributed by atoms with Crippen LogP contribution in [-0.4, -0.2) is 43.8 Å². The third kappa shape index (κ3) is 2.75. The molecule has 1 heterocycles. The lowest BCUT2D eigenvalue weighted by molar-refractivity contribution is 0.189. The van der Waals surface area contributed by atoms with E-state index in [0.29, 0.717) is 0 Å². The van der Waals surface area contributed by atoms with Gasteiger partial charge >= 0.3 is 0 Å². The predicted octanol–water partition coefficient (Wildman–Crippen LogP) is 0.640. The standard InChI is InChI=1S/C8H17FN2/c1-8(7-9)11-5-2-3-10-4-6-11/h8,10H,2-7H2,1H3. The molecule has 0 bridgehead atoms. The van der Waals surface area contributed by atoms with Crippen LogP contribution in [0.15, 0.2) is 0 Å². The van der Waals surface area contributed by atoms with Gasteiger partial charge in [-0.1, -0.05) is 0 Å². The lowest BCUT2D eigenvalue weighted by atomic mass is 10.3. The van der Waals surface area contributed by atoms with Gasteiger partial charge < -0.3 is 5.32 Å². The van der Waals surface area contributed by atoms with Crippen LogP contribution in [-0.2, 0) is 0 Å². The van der Waals surface area contributed by atoms with Gasteiger partial charge in [-0.15, -0.1) is 0 Å². The largest absolute Gasteiger partial charge is 0.315 e. The summed E-state index contributed by atoms with van der Waals surface area (Å²) in [5.41, 5.74) is 0. The van der Waals surface area contributed by atoms with Crippen LogP contribution in [0.2, 0.25) is 0 Å². The zero-order valence-corrected chi connectivity index (χ0v) is 7.15. The molecule has 1 aliphatic rings. The molecular formula is C8H17FN2. The minimum atomic E-state index is -0.222. The summed E-state index contributed by atoms with van der Waals surface area (Å²) in [6.07, 6.45) is 1.14. The van der Waals surface area contributed by atoms with Gasteiger partial charge in [-0.3, -0.25) is 4.90 Å². The van der Waals surface area contributed by atoms with E-state index in [1.54, 1.807) is 0 Å². The molecule has 0 amide bonds. The normalized spacial score (nSPS) is 24.5. The Labute approximate surface area is 67.8 Å². The number of hydrogen-bond donors (Lipinski definition) is 1. The molecule has 66 valence electrons. The second-order valence-electron chi connectivity index (χ2n) is 3.14. The predicted molar refractivity (Wildman–Crippen MR) is 44.5 cm³/mol. The van der Waals surface area contributed by atoms with Crippen LogP contribution in [0.3, 0.4) is 0 Å². The number of nitrogens with one attached hydrogen (secondary N) is 1. The molecule has 11 heavy (non-hydrogen) atoms. The van der Waals surface area contributed by atoms with Gasteiger partial charge in [0.05, 0.1) is 0 Å². The second-order valence-corrected chi connectivity index (χ2v) is 3.14. The van der Waals surface area contributed by atoms with Crippen LogP contribution >= 0.6 is 0 Å². The number of rotatable bonds is 2. The first kappa shape index (κ1) is 8.94. The van der Waals surface area contributed by atoms with E-state index in [1.807, 2.05) is 6.92 Å². The summed E-state index contributed by atoms with van der Waals surface area (Å²) in [5.74, 6) is 0. The third-order valence-corrected chi connectivity index (χ3v) is 2.22. The minimum Gasteiger partial charge on any atom is -0.315 e. The molecule has 2 nitrogen and oxygen atoms in total. The fourth-order valence-electron chi connectivity index (χ4n) is 1.40. The van der Waals surface area contributed by atoms with Crippen LogP contribution < -0.4 is 5.32 Å². The molecule has 1 unspecified atom stereocenters. The zero-order chi connectivity index (χ0) is 8.10. The van der Waals surface area contributed by atoms with Crippen LogP contribution in [0.4, 0.5) is 4.39 Å². The Hall–Kier alpha value is -0.150. The summed E-state index contributed by atoms with van der Waals surface area (Å²) in [7, 11) is 0. The van der Waals surface area contributed by atoms with Gasteiger partial charge in [-0.25, -0.2) is 4.39 Å². The summed E-state index contributed by atoms with van der Waals surface area (Å²) >= 11 is 0. The van der Waals surface area contributed by atoms with Gasteiger partial charge in [0, 0.05) is 19.1 Å². The second kappa shape index (κ2) is 4.67. The van der Waals surface area contributed by atoms with Crippen LogP contribution in [0.25, 0.3) is 0 Å². The molecule has 1 fully saturated rings. The molecule has 0 saturated carbocycles. The van der Waals surface area contributed by atoms with E-state index in [4.69, 9.17) is 0 Å². The fraction of sp³-hybridized carbons (Fsp3) is 1.00. The summed E-state index contributed by atoms with van der Waals surface area (Å²) in [4.78, 5) is 2.21. The molecule has 0 aromatic heterocycles. The van der Waals surface area contributed by atoms with Crippen molar-refractivity contribution in [3.05, 3.63) is 0 Å². The van der Waals surface area contributed by atoms with E-state index in [1.165, 1.54) is 0 Å². The van der Waals surface area contributed by atoms with Gasteiger partial charge in [0.25, 0.3) is 0 Å². The molecule has 1 aliphatic heterocycles. The number of nitrogens with zero attached hydrogens (tertiary/aromatic N) is 1. The number of halogens is 1. The van der Waals surface area contributed by atoms with Crippen molar-refractivity contribution in [2.45, 2.75) is 19.4 Å². The Balaban J connectivity index is 2.30. The van der Waals surface area contributed by atoms with E-state index in [9.17, 15) is 4.39 Å². The molecule has 1 atom stereocenters. The molecule has 1 rings (SSSR count). The van der Waals surface area contributed by atoms with Gasteiger partial charge in [0.1, 0.15) is 6.67 Å². The molecule has 1 saturated heterocycles. The summed E-state index contributed by atoms with van der Waals surface area (Å²) in [6.45, 7) is 5.84. The smallest absolute Gasteiger partial charge is 0.105 e. The maximum atomic E-state index is 12.2. The fourth-order valence-corrected chi connectivity index (χ4v) is 1.40. The van der Waals surface area contributed by atoms with Crippen molar-refractivity contribution in [2.24, 2.45) is 0 Å². The lowest BCUT2D eigenvalue weighted by Gasteiger charge is -2.24. The summed E-state index contributed by atoms with van der Waals surface area (Å²) in [5, 5.41) is 3.29. The Kier molecular flexibility index (Phi) is 3.80. The molecule has 0 radical (unpaired) electrons. The highest BCUT2D eigenvalue weighted by atomic mass is 19.1. The Morgan fingerprint density at radius 2 is 2.27 bits per heavy atom. The third-order valence-electron chi connectivity index (χ3n) is 2.22. The van der Waals surface area contributed by atoms with Gasteiger partial charge in [0.15, 0.2) is 0 Å². The highest BCUT2D eigenvalue weighted by Gasteiger charge is 2.14. The SMILES string of the molecule is CC(CF)N1CCCNCC1. The highest BCUT2D eigenvalue weighted by Crippen LogP contribution is 2.02. The van der Waals surface area contributed by atoms with Crippen molar-refractivity contribution in [2.75, 3.05) is 32.9 Å². The van der Waals surface area contributed by atoms with E-state index in [2.05, 4.69) is 10.2 Å². The first-order valence-electron chi connectivity index (χ1n) is 4.35. The van der Waals surface area contributed by atoms with E-state index in [-0.39, 0.29) is 12.7 Å². The van der Waals surface area contributed by atoms with Crippen molar-refractivity contribution in [1.82, 2.24) is 10.2 Å². The summed E-state index contributed by atoms with van der Waals surface area (Å²) < 4.78 is 12.2. The molecule has 0 aliphatic carbocycles. The Bertz CT molecular complexity index is 100. The molecule has 3 heteroatoms. The van der Waals surface area contributed by atoms with Gasteiger partial charge in [-0.05, 0) is 26.4 Å². The van der Waals surface area contributed by atoms with Crippen LogP contribution in [0.5, 0.6) is 0 Å². The zero-order valence-electron chi connectivity index (χ0n) is 7.15. The molecular weight excluding hydrogens is 143 g/mol. The van der Waals surface area contributed by atoms with E-state index in [0.717, 1.165) is 32.6 Å². The van der Waals surface area contributed by atoms with Crippen LogP contribution in [0.1, 0.15) is 13.3 Å². The maximum Gasteiger partial charge on any atom is 0.105 e. The minimum absolute atomic E-state index is 0.106.